The van der Waals surface area contributed by atoms with Gasteiger partial charge in [-0.25, -0.2) is 0 Å². The van der Waals surface area contributed by atoms with E-state index in [4.69, 9.17) is 17.3 Å². The minimum absolute atomic E-state index is 0.126. The highest BCUT2D eigenvalue weighted by Gasteiger charge is 2.21. The molecule has 1 aliphatic carbocycles. The summed E-state index contributed by atoms with van der Waals surface area (Å²) in [4.78, 5) is 13.9. The van der Waals surface area contributed by atoms with E-state index in [-0.39, 0.29) is 5.91 Å². The van der Waals surface area contributed by atoms with Gasteiger partial charge in [0.1, 0.15) is 0 Å². The average Bonchev–Trinajstić information content (AvgIpc) is 2.42. The monoisotopic (exact) mass is 280 g/mol. The van der Waals surface area contributed by atoms with Gasteiger partial charge in [-0.05, 0) is 37.0 Å². The van der Waals surface area contributed by atoms with Crippen LogP contribution in [0, 0.1) is 5.92 Å². The summed E-state index contributed by atoms with van der Waals surface area (Å²) < 4.78 is 0. The maximum Gasteiger partial charge on any atom is 0.227 e. The SMILES string of the molecule is CN(C(=O)CC1CCCCC1)c1cc(Cl)ccc1N. The van der Waals surface area contributed by atoms with E-state index in [1.54, 1.807) is 30.1 Å². The number of benzene rings is 1. The quantitative estimate of drug-likeness (QED) is 0.855. The first-order valence-electron chi connectivity index (χ1n) is 6.89. The molecule has 0 atom stereocenters. The lowest BCUT2D eigenvalue weighted by atomic mass is 9.86. The molecule has 19 heavy (non-hydrogen) atoms. The molecule has 1 aromatic rings. The molecule has 0 spiro atoms. The number of amides is 1. The summed E-state index contributed by atoms with van der Waals surface area (Å²) in [6.07, 6.45) is 6.77. The van der Waals surface area contributed by atoms with Crippen LogP contribution in [0.5, 0.6) is 0 Å². The summed E-state index contributed by atoms with van der Waals surface area (Å²) in [6, 6.07) is 5.22. The van der Waals surface area contributed by atoms with Gasteiger partial charge in [0.2, 0.25) is 5.91 Å². The lowest BCUT2D eigenvalue weighted by Crippen LogP contribution is -2.29. The molecule has 4 heteroatoms. The predicted octanol–water partition coefficient (Wildman–Crippen LogP) is 3.86. The van der Waals surface area contributed by atoms with Crippen molar-refractivity contribution in [1.82, 2.24) is 0 Å². The lowest BCUT2D eigenvalue weighted by molar-refractivity contribution is -0.119. The fourth-order valence-corrected chi connectivity index (χ4v) is 2.88. The van der Waals surface area contributed by atoms with Crippen LogP contribution in [0.2, 0.25) is 5.02 Å². The molecular weight excluding hydrogens is 260 g/mol. The van der Waals surface area contributed by atoms with E-state index in [1.807, 2.05) is 0 Å². The molecule has 1 saturated carbocycles. The van der Waals surface area contributed by atoms with Crippen molar-refractivity contribution >= 4 is 28.9 Å². The minimum atomic E-state index is 0.126. The molecule has 3 nitrogen and oxygen atoms in total. The first-order valence-corrected chi connectivity index (χ1v) is 7.27. The standard InChI is InChI=1S/C15H21ClN2O/c1-18(14-10-12(16)7-8-13(14)17)15(19)9-11-5-3-2-4-6-11/h7-8,10-11H,2-6,9,17H2,1H3. The van der Waals surface area contributed by atoms with E-state index in [0.717, 1.165) is 0 Å². The van der Waals surface area contributed by atoms with E-state index >= 15 is 0 Å². The number of halogens is 1. The summed E-state index contributed by atoms with van der Waals surface area (Å²) in [5.74, 6) is 0.657. The largest absolute Gasteiger partial charge is 0.397 e. The molecule has 1 amide bonds. The minimum Gasteiger partial charge on any atom is -0.397 e. The number of nitrogen functional groups attached to an aromatic ring is 1. The van der Waals surface area contributed by atoms with Crippen molar-refractivity contribution < 1.29 is 4.79 Å². The molecule has 0 aromatic heterocycles. The van der Waals surface area contributed by atoms with Crippen LogP contribution in [0.3, 0.4) is 0 Å². The normalized spacial score (nSPS) is 16.3. The van der Waals surface area contributed by atoms with E-state index in [0.29, 0.717) is 28.7 Å². The van der Waals surface area contributed by atoms with Crippen molar-refractivity contribution in [1.29, 1.82) is 0 Å². The Balaban J connectivity index is 2.03. The number of carbonyl (C=O) groups excluding carboxylic acids is 1. The first-order chi connectivity index (χ1) is 9.08. The van der Waals surface area contributed by atoms with Gasteiger partial charge in [-0.2, -0.15) is 0 Å². The number of nitrogens with two attached hydrogens (primary N) is 1. The van der Waals surface area contributed by atoms with Gasteiger partial charge in [0, 0.05) is 18.5 Å². The Morgan fingerprint density at radius 1 is 1.37 bits per heavy atom. The Bertz CT molecular complexity index is 455. The number of anilines is 2. The van der Waals surface area contributed by atoms with Crippen LogP contribution in [-0.4, -0.2) is 13.0 Å². The number of rotatable bonds is 3. The molecule has 2 N–H and O–H groups in total. The number of carbonyl (C=O) groups is 1. The first kappa shape index (κ1) is 14.2. The van der Waals surface area contributed by atoms with E-state index in [1.165, 1.54) is 32.1 Å². The lowest BCUT2D eigenvalue weighted by Gasteiger charge is -2.25. The summed E-state index contributed by atoms with van der Waals surface area (Å²) in [6.45, 7) is 0. The van der Waals surface area contributed by atoms with Gasteiger partial charge < -0.3 is 10.6 Å². The van der Waals surface area contributed by atoms with Gasteiger partial charge in [-0.15, -0.1) is 0 Å². The van der Waals surface area contributed by atoms with Gasteiger partial charge in [0.25, 0.3) is 0 Å². The second kappa shape index (κ2) is 6.29. The third kappa shape index (κ3) is 3.63. The molecule has 2 rings (SSSR count). The van der Waals surface area contributed by atoms with Gasteiger partial charge in [-0.3, -0.25) is 4.79 Å². The number of hydrogen-bond acceptors (Lipinski definition) is 2. The fourth-order valence-electron chi connectivity index (χ4n) is 2.72. The highest BCUT2D eigenvalue weighted by molar-refractivity contribution is 6.31. The molecule has 0 unspecified atom stereocenters. The molecule has 0 aliphatic heterocycles. The van der Waals surface area contributed by atoms with Crippen LogP contribution >= 0.6 is 11.6 Å². The zero-order valence-corrected chi connectivity index (χ0v) is 12.1. The van der Waals surface area contributed by atoms with Gasteiger partial charge >= 0.3 is 0 Å². The fraction of sp³-hybridized carbons (Fsp3) is 0.533. The molecule has 1 aliphatic rings. The van der Waals surface area contributed by atoms with Crippen molar-refractivity contribution in [2.24, 2.45) is 5.92 Å². The third-order valence-electron chi connectivity index (χ3n) is 3.92. The molecule has 104 valence electrons. The number of hydrogen-bond donors (Lipinski definition) is 1. The second-order valence-corrected chi connectivity index (χ2v) is 5.80. The maximum absolute atomic E-state index is 12.3. The Morgan fingerprint density at radius 2 is 2.05 bits per heavy atom. The molecule has 0 bridgehead atoms. The van der Waals surface area contributed by atoms with Crippen molar-refractivity contribution in [3.63, 3.8) is 0 Å². The Hall–Kier alpha value is -1.22. The van der Waals surface area contributed by atoms with Crippen LogP contribution in [0.4, 0.5) is 11.4 Å². The predicted molar refractivity (Wildman–Crippen MR) is 80.5 cm³/mol. The Labute approximate surface area is 119 Å². The summed E-state index contributed by atoms with van der Waals surface area (Å²) in [5.41, 5.74) is 7.20. The molecule has 0 heterocycles. The zero-order chi connectivity index (χ0) is 13.8. The van der Waals surface area contributed by atoms with E-state index in [9.17, 15) is 4.79 Å². The molecule has 1 aromatic carbocycles. The van der Waals surface area contributed by atoms with Gasteiger partial charge in [0.15, 0.2) is 0 Å². The molecule has 0 saturated heterocycles. The molecule has 0 radical (unpaired) electrons. The highest BCUT2D eigenvalue weighted by Crippen LogP contribution is 2.30. The van der Waals surface area contributed by atoms with Crippen LogP contribution in [0.15, 0.2) is 18.2 Å². The van der Waals surface area contributed by atoms with Crippen LogP contribution in [-0.2, 0) is 4.79 Å². The molecule has 1 fully saturated rings. The van der Waals surface area contributed by atoms with Crippen molar-refractivity contribution in [3.05, 3.63) is 23.2 Å². The summed E-state index contributed by atoms with van der Waals surface area (Å²) >= 11 is 5.96. The maximum atomic E-state index is 12.3. The summed E-state index contributed by atoms with van der Waals surface area (Å²) in [5, 5.41) is 0.599. The summed E-state index contributed by atoms with van der Waals surface area (Å²) in [7, 11) is 1.77. The van der Waals surface area contributed by atoms with E-state index in [2.05, 4.69) is 0 Å². The Morgan fingerprint density at radius 3 is 2.74 bits per heavy atom. The van der Waals surface area contributed by atoms with Crippen molar-refractivity contribution in [3.8, 4) is 0 Å². The second-order valence-electron chi connectivity index (χ2n) is 5.36. The zero-order valence-electron chi connectivity index (χ0n) is 11.4. The smallest absolute Gasteiger partial charge is 0.227 e. The van der Waals surface area contributed by atoms with Gasteiger partial charge in [0.05, 0.1) is 11.4 Å². The number of nitrogens with zero attached hydrogens (tertiary/aromatic N) is 1. The highest BCUT2D eigenvalue weighted by atomic mass is 35.5. The van der Waals surface area contributed by atoms with Crippen molar-refractivity contribution in [2.75, 3.05) is 17.7 Å². The third-order valence-corrected chi connectivity index (χ3v) is 4.15. The average molecular weight is 281 g/mol. The van der Waals surface area contributed by atoms with E-state index < -0.39 is 0 Å². The molecular formula is C15H21ClN2O. The van der Waals surface area contributed by atoms with Crippen LogP contribution in [0.1, 0.15) is 38.5 Å². The topological polar surface area (TPSA) is 46.3 Å². The van der Waals surface area contributed by atoms with Crippen LogP contribution < -0.4 is 10.6 Å². The van der Waals surface area contributed by atoms with Crippen molar-refractivity contribution in [2.45, 2.75) is 38.5 Å². The van der Waals surface area contributed by atoms with Gasteiger partial charge in [-0.1, -0.05) is 30.9 Å². The van der Waals surface area contributed by atoms with Crippen LogP contribution in [0.25, 0.3) is 0 Å². The Kier molecular flexibility index (Phi) is 4.70.